The normalized spacial score (nSPS) is 17.8. The zero-order valence-corrected chi connectivity index (χ0v) is 38.6. The summed E-state index contributed by atoms with van der Waals surface area (Å²) >= 11 is 1.58. The number of aromatic amines is 1. The molecule has 5 aromatic rings. The minimum absolute atomic E-state index is 0.0153. The third-order valence-electron chi connectivity index (χ3n) is 11.7. The first-order chi connectivity index (χ1) is 32.1. The van der Waals surface area contributed by atoms with Gasteiger partial charge < -0.3 is 35.6 Å². The summed E-state index contributed by atoms with van der Waals surface area (Å²) in [5, 5.41) is 25.8. The molecule has 5 N–H and O–H groups in total. The zero-order chi connectivity index (χ0) is 47.7. The molecule has 2 aromatic carbocycles. The number of benzene rings is 2. The fraction of sp³-hybridized carbons (Fsp3) is 0.457. The zero-order valence-electron chi connectivity index (χ0n) is 37.8. The summed E-state index contributed by atoms with van der Waals surface area (Å²) in [6.45, 7) is 8.71. The Hall–Kier alpha value is -6.45. The van der Waals surface area contributed by atoms with Gasteiger partial charge in [-0.05, 0) is 74.1 Å². The summed E-state index contributed by atoms with van der Waals surface area (Å²) in [6, 6.07) is 9.34. The molecule has 1 aliphatic carbocycles. The molecule has 1 unspecified atom stereocenters. The van der Waals surface area contributed by atoms with Gasteiger partial charge >= 0.3 is 0 Å². The predicted molar refractivity (Wildman–Crippen MR) is 242 cm³/mol. The monoisotopic (exact) mass is 943 g/mol. The van der Waals surface area contributed by atoms with Crippen molar-refractivity contribution < 1.29 is 42.2 Å². The molecule has 0 spiro atoms. The van der Waals surface area contributed by atoms with E-state index in [0.717, 1.165) is 39.9 Å². The van der Waals surface area contributed by atoms with Gasteiger partial charge in [-0.25, -0.2) is 18.4 Å². The van der Waals surface area contributed by atoms with Crippen LogP contribution < -0.4 is 21.3 Å². The number of aromatic nitrogens is 6. The largest absolute Gasteiger partial charge is 0.372 e. The van der Waals surface area contributed by atoms with Crippen LogP contribution >= 0.6 is 11.3 Å². The van der Waals surface area contributed by atoms with Crippen LogP contribution in [0.2, 0.25) is 0 Å². The van der Waals surface area contributed by atoms with Crippen molar-refractivity contribution in [3.63, 3.8) is 0 Å². The number of carbonyl (C=O) groups is 5. The number of hydrogen-bond acceptors (Lipinski definition) is 12. The van der Waals surface area contributed by atoms with Gasteiger partial charge in [-0.15, -0.1) is 16.4 Å². The van der Waals surface area contributed by atoms with E-state index in [4.69, 9.17) is 9.47 Å². The van der Waals surface area contributed by atoms with Gasteiger partial charge in [0, 0.05) is 25.3 Å². The fourth-order valence-corrected chi connectivity index (χ4v) is 8.92. The molecule has 1 aliphatic heterocycles. The Morgan fingerprint density at radius 2 is 1.73 bits per heavy atom. The van der Waals surface area contributed by atoms with Gasteiger partial charge in [0.05, 0.1) is 53.8 Å². The van der Waals surface area contributed by atoms with Crippen molar-refractivity contribution in [2.45, 2.75) is 110 Å². The molecule has 5 amide bonds. The first-order valence-electron chi connectivity index (χ1n) is 22.2. The van der Waals surface area contributed by atoms with Gasteiger partial charge in [-0.3, -0.25) is 29.1 Å². The summed E-state index contributed by atoms with van der Waals surface area (Å²) in [5.74, 6) is -4.66. The number of likely N-dealkylation sites (tertiary alicyclic amines) is 1. The van der Waals surface area contributed by atoms with E-state index in [2.05, 4.69) is 46.8 Å². The van der Waals surface area contributed by atoms with Crippen molar-refractivity contribution in [3.8, 4) is 10.4 Å². The predicted octanol–water partition coefficient (Wildman–Crippen LogP) is 5.08. The fourth-order valence-electron chi connectivity index (χ4n) is 8.11. The lowest BCUT2D eigenvalue weighted by atomic mass is 9.85. The Labute approximate surface area is 390 Å². The van der Waals surface area contributed by atoms with Crippen molar-refractivity contribution in [1.29, 1.82) is 0 Å². The third kappa shape index (κ3) is 12.5. The first-order valence-corrected chi connectivity index (χ1v) is 23.1. The number of thiazole rings is 1. The van der Waals surface area contributed by atoms with Crippen LogP contribution in [0, 0.1) is 24.0 Å². The number of H-pyrrole nitrogens is 1. The third-order valence-corrected chi connectivity index (χ3v) is 12.7. The second-order valence-corrected chi connectivity index (χ2v) is 18.6. The van der Waals surface area contributed by atoms with Crippen molar-refractivity contribution in [3.05, 3.63) is 100 Å². The molecule has 2 fully saturated rings. The number of ether oxygens (including phenoxy) is 2. The average Bonchev–Trinajstić information content (AvgIpc) is 4.14. The molecular formula is C46H55F2N11O7S. The summed E-state index contributed by atoms with van der Waals surface area (Å²) < 4.78 is 41.5. The molecule has 2 aliphatic rings. The van der Waals surface area contributed by atoms with Crippen LogP contribution in [-0.2, 0) is 43.6 Å². The van der Waals surface area contributed by atoms with Crippen molar-refractivity contribution in [1.82, 2.24) is 51.0 Å². The van der Waals surface area contributed by atoms with Crippen LogP contribution in [0.5, 0.6) is 0 Å². The molecule has 7 rings (SSSR count). The highest BCUT2D eigenvalue weighted by molar-refractivity contribution is 7.13. The summed E-state index contributed by atoms with van der Waals surface area (Å²) in [7, 11) is 0. The van der Waals surface area contributed by atoms with Crippen molar-refractivity contribution in [2.75, 3.05) is 25.1 Å². The van der Waals surface area contributed by atoms with Crippen LogP contribution in [-0.4, -0.2) is 109 Å². The molecule has 67 heavy (non-hydrogen) atoms. The molecule has 1 saturated heterocycles. The number of nitrogens with one attached hydrogen (secondary N) is 5. The maximum absolute atomic E-state index is 14.1. The van der Waals surface area contributed by atoms with Crippen LogP contribution in [0.15, 0.2) is 60.4 Å². The van der Waals surface area contributed by atoms with Crippen LogP contribution in [0.25, 0.3) is 10.4 Å². The van der Waals surface area contributed by atoms with Gasteiger partial charge in [-0.1, -0.05) is 56.3 Å². The van der Waals surface area contributed by atoms with E-state index in [1.807, 2.05) is 57.5 Å². The van der Waals surface area contributed by atoms with Gasteiger partial charge in [0.15, 0.2) is 5.69 Å². The van der Waals surface area contributed by atoms with Crippen LogP contribution in [0.4, 0.5) is 14.5 Å². The lowest BCUT2D eigenvalue weighted by Crippen LogP contribution is -2.58. The average molecular weight is 944 g/mol. The van der Waals surface area contributed by atoms with Gasteiger partial charge in [0.2, 0.25) is 17.7 Å². The minimum Gasteiger partial charge on any atom is -0.372 e. The second-order valence-electron chi connectivity index (χ2n) is 17.7. The van der Waals surface area contributed by atoms with Crippen LogP contribution in [0.3, 0.4) is 0 Å². The number of rotatable bonds is 18. The molecule has 18 nitrogen and oxygen atoms in total. The number of amides is 5. The molecule has 0 radical (unpaired) electrons. The Morgan fingerprint density at radius 3 is 2.43 bits per heavy atom. The van der Waals surface area contributed by atoms with Crippen LogP contribution in [0.1, 0.15) is 97.1 Å². The lowest BCUT2D eigenvalue weighted by molar-refractivity contribution is -0.144. The SMILES string of the molecule is Cc1ncsc1-c1ccc(CNC(=O)[C@@H]2CCCN2C(=O)C(NC(=O)COCCn2cc(CO[C@H]3CC[C@H](NC(=O)c4n[nH]cc4NC(=O)c4c(F)cccc4F)CC3)nn2)C(C)(C)C)cc1. The summed E-state index contributed by atoms with van der Waals surface area (Å²) in [5.41, 5.74) is 3.86. The molecule has 0 bridgehead atoms. The maximum Gasteiger partial charge on any atom is 0.274 e. The highest BCUT2D eigenvalue weighted by Gasteiger charge is 2.42. The van der Waals surface area contributed by atoms with Gasteiger partial charge in [0.25, 0.3) is 11.8 Å². The topological polar surface area (TPSA) is 227 Å². The second kappa shape index (κ2) is 21.9. The van der Waals surface area contributed by atoms with E-state index in [-0.39, 0.29) is 55.2 Å². The number of halogens is 2. The highest BCUT2D eigenvalue weighted by atomic mass is 32.1. The molecule has 3 aromatic heterocycles. The smallest absolute Gasteiger partial charge is 0.274 e. The number of hydrogen-bond donors (Lipinski definition) is 5. The lowest BCUT2D eigenvalue weighted by Gasteiger charge is -2.35. The molecule has 21 heteroatoms. The van der Waals surface area contributed by atoms with Crippen molar-refractivity contribution >= 4 is 46.6 Å². The standard InChI is InChI=1S/C46H55F2N11O7S/c1-27-40(67-26-50-27)29-12-10-28(11-13-29)21-49-42(61)36-9-6-18-59(36)45(64)41(46(2,3)4)54-37(60)25-65-20-19-58-23-31(55-57-58)24-66-32-16-14-30(15-17-32)52-44(63)39-35(22-51-56-39)53-43(62)38-33(47)7-5-8-34(38)48/h5,7-8,10-13,22-23,26,30,32,36,41H,6,9,14-21,24-25H2,1-4H3,(H,49,61)(H,51,56)(H,52,63)(H,53,62)(H,54,60)/t30-,32-,36-,41?/m0/s1. The number of anilines is 1. The molecule has 1 saturated carbocycles. The minimum atomic E-state index is -1.05. The first kappa shape index (κ1) is 48.5. The summed E-state index contributed by atoms with van der Waals surface area (Å²) in [6.07, 6.45) is 6.67. The van der Waals surface area contributed by atoms with E-state index < -0.39 is 52.4 Å². The maximum atomic E-state index is 14.1. The molecule has 356 valence electrons. The Kier molecular flexibility index (Phi) is 15.8. The highest BCUT2D eigenvalue weighted by Crippen LogP contribution is 2.29. The Morgan fingerprint density at radius 1 is 0.985 bits per heavy atom. The molecule has 4 heterocycles. The van der Waals surface area contributed by atoms with E-state index in [1.54, 1.807) is 27.1 Å². The molecular weight excluding hydrogens is 889 g/mol. The van der Waals surface area contributed by atoms with E-state index >= 15 is 0 Å². The Bertz CT molecular complexity index is 2510. The van der Waals surface area contributed by atoms with Gasteiger partial charge in [0.1, 0.15) is 41.6 Å². The number of nitrogens with zero attached hydrogens (tertiary/aromatic N) is 6. The van der Waals surface area contributed by atoms with E-state index in [9.17, 15) is 32.8 Å². The molecule has 2 atom stereocenters. The Balaban J connectivity index is 0.791. The van der Waals surface area contributed by atoms with Crippen molar-refractivity contribution in [2.24, 2.45) is 5.41 Å². The van der Waals surface area contributed by atoms with E-state index in [0.29, 0.717) is 63.9 Å². The van der Waals surface area contributed by atoms with E-state index in [1.165, 1.54) is 6.20 Å². The van der Waals surface area contributed by atoms with Gasteiger partial charge in [-0.2, -0.15) is 5.10 Å². The number of aryl methyl sites for hydroxylation is 1. The summed E-state index contributed by atoms with van der Waals surface area (Å²) in [4.78, 5) is 73.1. The number of carbonyl (C=O) groups excluding carboxylic acids is 5. The quantitative estimate of drug-likeness (QED) is 0.0729.